The Morgan fingerprint density at radius 2 is 0.720 bits per heavy atom. The highest BCUT2D eigenvalue weighted by Gasteiger charge is 2.31. The van der Waals surface area contributed by atoms with Gasteiger partial charge in [0.1, 0.15) is 0 Å². The van der Waals surface area contributed by atoms with Crippen molar-refractivity contribution in [3.8, 4) is 11.5 Å². The van der Waals surface area contributed by atoms with Gasteiger partial charge < -0.3 is 9.47 Å². The van der Waals surface area contributed by atoms with Crippen LogP contribution in [0.2, 0.25) is 0 Å². The van der Waals surface area contributed by atoms with Crippen LogP contribution in [0.25, 0.3) is 0 Å². The zero-order valence-electron chi connectivity index (χ0n) is 12.5. The number of benzene rings is 2. The first-order chi connectivity index (χ1) is 11.7. The van der Waals surface area contributed by atoms with Crippen LogP contribution in [-0.2, 0) is 0 Å². The molecule has 0 bridgehead atoms. The van der Waals surface area contributed by atoms with Crippen molar-refractivity contribution in [2.24, 2.45) is 0 Å². The molecule has 2 rings (SSSR count). The van der Waals surface area contributed by atoms with Crippen molar-refractivity contribution in [3.63, 3.8) is 0 Å². The van der Waals surface area contributed by atoms with Crippen LogP contribution in [-0.4, -0.2) is 21.5 Å². The quantitative estimate of drug-likeness (QED) is 0.467. The van der Waals surface area contributed by atoms with E-state index in [1.54, 1.807) is 0 Å². The van der Waals surface area contributed by atoms with Gasteiger partial charge in [0.25, 0.3) is 0 Å². The van der Waals surface area contributed by atoms with E-state index in [1.807, 2.05) is 0 Å². The Balaban J connectivity index is 2.70. The molecule has 0 unspecified atom stereocenters. The molecule has 2 aromatic rings. The van der Waals surface area contributed by atoms with Gasteiger partial charge >= 0.3 is 0 Å². The molecule has 0 heterocycles. The van der Waals surface area contributed by atoms with E-state index >= 15 is 0 Å². The van der Waals surface area contributed by atoms with Crippen molar-refractivity contribution >= 4 is 18.2 Å². The molecule has 0 radical (unpaired) electrons. The number of hydrogen-bond donors (Lipinski definition) is 0. The van der Waals surface area contributed by atoms with E-state index in [-0.39, 0.29) is 0 Å². The molecule has 2 nitrogen and oxygen atoms in total. The monoisotopic (exact) mass is 370 g/mol. The topological polar surface area (TPSA) is 18.5 Å². The largest absolute Gasteiger partial charge is 0.491 e. The second-order valence-corrected chi connectivity index (χ2v) is 4.71. The zero-order chi connectivity index (χ0) is 19.0. The number of halogens is 8. The summed E-state index contributed by atoms with van der Waals surface area (Å²) in [6, 6.07) is 0. The van der Waals surface area contributed by atoms with Gasteiger partial charge in [-0.1, -0.05) is 0 Å². The molecule has 0 fully saturated rings. The Labute approximate surface area is 136 Å². The summed E-state index contributed by atoms with van der Waals surface area (Å²) in [5.41, 5.74) is -2.95. The van der Waals surface area contributed by atoms with Crippen LogP contribution in [0, 0.1) is 46.5 Å². The maximum absolute atomic E-state index is 13.9. The lowest BCUT2D eigenvalue weighted by Crippen LogP contribution is -2.39. The maximum atomic E-state index is 13.9. The summed E-state index contributed by atoms with van der Waals surface area (Å²) in [6.45, 7) is 0. The summed E-state index contributed by atoms with van der Waals surface area (Å²) in [7, 11) is -0.0494. The lowest BCUT2D eigenvalue weighted by atomic mass is 9.62. The van der Waals surface area contributed by atoms with Gasteiger partial charge in [-0.3, -0.25) is 0 Å². The second kappa shape index (κ2) is 6.81. The van der Waals surface area contributed by atoms with Gasteiger partial charge in [-0.25, -0.2) is 17.6 Å². The second-order valence-electron chi connectivity index (χ2n) is 4.71. The Morgan fingerprint density at radius 1 is 0.480 bits per heavy atom. The normalized spacial score (nSPS) is 10.8. The van der Waals surface area contributed by atoms with E-state index in [1.165, 1.54) is 0 Å². The average molecular weight is 370 g/mol. The Kier molecular flexibility index (Phi) is 5.14. The van der Waals surface area contributed by atoms with Crippen molar-refractivity contribution in [1.29, 1.82) is 0 Å². The molecule has 0 atom stereocenters. The van der Waals surface area contributed by atoms with E-state index in [0.717, 1.165) is 14.2 Å². The molecular formula is C14H7BF8O2. The standard InChI is InChI=1S/C14H7BF8O2/c1-24-13-9(20)5(16)3(6(17)10(13)21)15-4-7(18)11(22)14(25-2)12(23)8(4)19/h15H,1-2H3. The van der Waals surface area contributed by atoms with Crippen molar-refractivity contribution in [2.75, 3.05) is 14.2 Å². The average Bonchev–Trinajstić information content (AvgIpc) is 2.59. The lowest BCUT2D eigenvalue weighted by molar-refractivity contribution is 0.334. The van der Waals surface area contributed by atoms with Crippen LogP contribution >= 0.6 is 0 Å². The molecule has 0 N–H and O–H groups in total. The molecule has 134 valence electrons. The summed E-state index contributed by atoms with van der Waals surface area (Å²) in [4.78, 5) is 0. The third-order valence-electron chi connectivity index (χ3n) is 3.39. The van der Waals surface area contributed by atoms with Crippen molar-refractivity contribution < 1.29 is 44.6 Å². The first-order valence-corrected chi connectivity index (χ1v) is 6.44. The van der Waals surface area contributed by atoms with Crippen LogP contribution in [0.3, 0.4) is 0 Å². The molecule has 11 heteroatoms. The van der Waals surface area contributed by atoms with E-state index in [0.29, 0.717) is 0 Å². The molecule has 0 aliphatic carbocycles. The van der Waals surface area contributed by atoms with E-state index in [9.17, 15) is 35.1 Å². The fourth-order valence-corrected chi connectivity index (χ4v) is 2.16. The number of hydrogen-bond acceptors (Lipinski definition) is 2. The number of methoxy groups -OCH3 is 2. The van der Waals surface area contributed by atoms with Crippen LogP contribution in [0.1, 0.15) is 0 Å². The smallest absolute Gasteiger partial charge is 0.208 e. The van der Waals surface area contributed by atoms with Crippen molar-refractivity contribution in [1.82, 2.24) is 0 Å². The van der Waals surface area contributed by atoms with Gasteiger partial charge in [-0.05, 0) is 10.9 Å². The molecule has 0 aliphatic rings. The summed E-state index contributed by atoms with van der Waals surface area (Å²) >= 11 is 0. The summed E-state index contributed by atoms with van der Waals surface area (Å²) < 4.78 is 118. The minimum Gasteiger partial charge on any atom is -0.491 e. The van der Waals surface area contributed by atoms with Gasteiger partial charge in [0.05, 0.1) is 14.2 Å². The third kappa shape index (κ3) is 2.87. The molecular weight excluding hydrogens is 363 g/mol. The Bertz CT molecular complexity index is 728. The number of rotatable bonds is 4. The van der Waals surface area contributed by atoms with E-state index < -0.39 is 76.2 Å². The van der Waals surface area contributed by atoms with Gasteiger partial charge in [-0.2, -0.15) is 17.6 Å². The zero-order valence-corrected chi connectivity index (χ0v) is 12.5. The van der Waals surface area contributed by atoms with Crippen LogP contribution in [0.5, 0.6) is 11.5 Å². The first kappa shape index (κ1) is 18.9. The predicted molar refractivity (Wildman–Crippen MR) is 72.1 cm³/mol. The molecule has 0 aromatic heterocycles. The van der Waals surface area contributed by atoms with Crippen LogP contribution in [0.4, 0.5) is 35.1 Å². The van der Waals surface area contributed by atoms with Crippen molar-refractivity contribution in [2.45, 2.75) is 0 Å². The fourth-order valence-electron chi connectivity index (χ4n) is 2.16. The van der Waals surface area contributed by atoms with Gasteiger partial charge in [-0.15, -0.1) is 0 Å². The highest BCUT2D eigenvalue weighted by atomic mass is 19.2. The molecule has 0 spiro atoms. The minimum absolute atomic E-state index is 0.730. The SMILES string of the molecule is COc1c(F)c(F)c(Bc2c(F)c(F)c(OC)c(F)c2F)c(F)c1F. The summed E-state index contributed by atoms with van der Waals surface area (Å²) in [5.74, 6) is -18.7. The maximum Gasteiger partial charge on any atom is 0.208 e. The molecule has 0 saturated heterocycles. The van der Waals surface area contributed by atoms with Crippen LogP contribution < -0.4 is 20.4 Å². The molecule has 0 saturated carbocycles. The van der Waals surface area contributed by atoms with Crippen LogP contribution in [0.15, 0.2) is 0 Å². The van der Waals surface area contributed by atoms with E-state index in [2.05, 4.69) is 9.47 Å². The Hall–Kier alpha value is -2.46. The number of ether oxygens (including phenoxy) is 2. The summed E-state index contributed by atoms with van der Waals surface area (Å²) in [6.07, 6.45) is 0. The van der Waals surface area contributed by atoms with Gasteiger partial charge in [0.15, 0.2) is 34.8 Å². The molecule has 0 aliphatic heterocycles. The highest BCUT2D eigenvalue weighted by molar-refractivity contribution is 6.67. The molecule has 2 aromatic carbocycles. The third-order valence-corrected chi connectivity index (χ3v) is 3.39. The molecule has 25 heavy (non-hydrogen) atoms. The summed E-state index contributed by atoms with van der Waals surface area (Å²) in [5, 5.41) is 0. The fraction of sp³-hybridized carbons (Fsp3) is 0.143. The first-order valence-electron chi connectivity index (χ1n) is 6.44. The predicted octanol–water partition coefficient (Wildman–Crippen LogP) is 2.20. The van der Waals surface area contributed by atoms with E-state index in [4.69, 9.17) is 0 Å². The Morgan fingerprint density at radius 3 is 0.920 bits per heavy atom. The lowest BCUT2D eigenvalue weighted by Gasteiger charge is -2.13. The van der Waals surface area contributed by atoms with Gasteiger partial charge in [0, 0.05) is 0 Å². The van der Waals surface area contributed by atoms with Crippen molar-refractivity contribution in [3.05, 3.63) is 46.5 Å². The highest BCUT2D eigenvalue weighted by Crippen LogP contribution is 2.26. The minimum atomic E-state index is -2.02. The molecule has 0 amide bonds. The van der Waals surface area contributed by atoms with Gasteiger partial charge in [0.2, 0.25) is 30.5 Å².